The lowest BCUT2D eigenvalue weighted by Crippen LogP contribution is -2.49. The molecule has 0 radical (unpaired) electrons. The van der Waals surface area contributed by atoms with Crippen LogP contribution >= 0.6 is 0 Å². The molecule has 1 atom stereocenters. The van der Waals surface area contributed by atoms with Crippen LogP contribution in [0.25, 0.3) is 0 Å². The lowest BCUT2D eigenvalue weighted by Gasteiger charge is -2.39. The van der Waals surface area contributed by atoms with Crippen molar-refractivity contribution in [2.45, 2.75) is 96.8 Å². The van der Waals surface area contributed by atoms with E-state index in [1.165, 1.54) is 32.1 Å². The second-order valence-corrected chi connectivity index (χ2v) is 14.4. The van der Waals surface area contributed by atoms with Crippen LogP contribution in [0, 0.1) is 0 Å². The van der Waals surface area contributed by atoms with Crippen LogP contribution in [-0.4, -0.2) is 68.1 Å². The highest BCUT2D eigenvalue weighted by Crippen LogP contribution is 2.36. The highest BCUT2D eigenvalue weighted by molar-refractivity contribution is 6.74. The van der Waals surface area contributed by atoms with E-state index in [9.17, 15) is 9.90 Å². The molecule has 0 bridgehead atoms. The van der Waals surface area contributed by atoms with Crippen molar-refractivity contribution in [1.29, 1.82) is 0 Å². The van der Waals surface area contributed by atoms with Gasteiger partial charge in [-0.3, -0.25) is 0 Å². The van der Waals surface area contributed by atoms with Crippen LogP contribution in [0.5, 0.6) is 0 Å². The zero-order chi connectivity index (χ0) is 20.5. The maximum Gasteiger partial charge on any atom is 0.407 e. The Morgan fingerprint density at radius 2 is 1.81 bits per heavy atom. The third-order valence-corrected chi connectivity index (χ3v) is 10.9. The normalized spacial score (nSPS) is 17.3. The molecule has 1 aliphatic heterocycles. The highest BCUT2D eigenvalue weighted by Gasteiger charge is 2.38. The largest absolute Gasteiger partial charge is 0.465 e. The summed E-state index contributed by atoms with van der Waals surface area (Å²) in [7, 11) is -1.88. The van der Waals surface area contributed by atoms with Crippen LogP contribution in [0.3, 0.4) is 0 Å². The van der Waals surface area contributed by atoms with Gasteiger partial charge in [0.25, 0.3) is 0 Å². The number of amides is 1. The Morgan fingerprint density at radius 1 is 1.19 bits per heavy atom. The van der Waals surface area contributed by atoms with Crippen molar-refractivity contribution in [1.82, 2.24) is 9.80 Å². The third kappa shape index (κ3) is 8.53. The smallest absolute Gasteiger partial charge is 0.407 e. The quantitative estimate of drug-likeness (QED) is 0.351. The van der Waals surface area contributed by atoms with Gasteiger partial charge in [-0.25, -0.2) is 4.79 Å². The SMILES string of the molecule is CCCCCCC(CO[Si](C)(C)C(C)(C)C)N(CCN1CCCC1)C(=O)O. The monoisotopic (exact) mass is 400 g/mol. The predicted molar refractivity (Wildman–Crippen MR) is 116 cm³/mol. The van der Waals surface area contributed by atoms with Gasteiger partial charge in [-0.1, -0.05) is 53.4 Å². The van der Waals surface area contributed by atoms with Crippen molar-refractivity contribution in [2.75, 3.05) is 32.8 Å². The second kappa shape index (κ2) is 11.4. The van der Waals surface area contributed by atoms with E-state index in [4.69, 9.17) is 4.43 Å². The summed E-state index contributed by atoms with van der Waals surface area (Å²) in [6.45, 7) is 17.6. The Kier molecular flexibility index (Phi) is 10.3. The lowest BCUT2D eigenvalue weighted by atomic mass is 10.1. The number of carboxylic acid groups (broad SMARTS) is 1. The van der Waals surface area contributed by atoms with Crippen LogP contribution in [0.15, 0.2) is 0 Å². The number of nitrogens with zero attached hydrogens (tertiary/aromatic N) is 2. The van der Waals surface area contributed by atoms with Crippen molar-refractivity contribution in [3.63, 3.8) is 0 Å². The lowest BCUT2D eigenvalue weighted by molar-refractivity contribution is 0.0890. The number of unbranched alkanes of at least 4 members (excludes halogenated alkanes) is 3. The molecule has 1 N–H and O–H groups in total. The summed E-state index contributed by atoms with van der Waals surface area (Å²) in [6.07, 6.45) is 7.25. The van der Waals surface area contributed by atoms with Gasteiger partial charge in [0.15, 0.2) is 8.32 Å². The molecule has 160 valence electrons. The van der Waals surface area contributed by atoms with Crippen molar-refractivity contribution in [3.8, 4) is 0 Å². The van der Waals surface area contributed by atoms with E-state index >= 15 is 0 Å². The summed E-state index contributed by atoms with van der Waals surface area (Å²) < 4.78 is 6.44. The van der Waals surface area contributed by atoms with E-state index < -0.39 is 14.4 Å². The maximum atomic E-state index is 12.0. The van der Waals surface area contributed by atoms with E-state index in [2.05, 4.69) is 45.7 Å². The van der Waals surface area contributed by atoms with Gasteiger partial charge in [-0.2, -0.15) is 0 Å². The molecule has 6 heteroatoms. The van der Waals surface area contributed by atoms with Gasteiger partial charge in [0.2, 0.25) is 0 Å². The Bertz CT molecular complexity index is 432. The van der Waals surface area contributed by atoms with Gasteiger partial charge in [-0.05, 0) is 50.5 Å². The first-order chi connectivity index (χ1) is 12.6. The van der Waals surface area contributed by atoms with Gasteiger partial charge in [0, 0.05) is 13.1 Å². The average Bonchev–Trinajstić information content (AvgIpc) is 3.07. The number of carbonyl (C=O) groups is 1. The molecule has 1 unspecified atom stereocenters. The summed E-state index contributed by atoms with van der Waals surface area (Å²) >= 11 is 0. The fourth-order valence-electron chi connectivity index (χ4n) is 3.35. The van der Waals surface area contributed by atoms with Crippen LogP contribution in [0.2, 0.25) is 18.1 Å². The van der Waals surface area contributed by atoms with E-state index in [-0.39, 0.29) is 11.1 Å². The van der Waals surface area contributed by atoms with Gasteiger partial charge in [0.1, 0.15) is 0 Å². The molecule has 1 saturated heterocycles. The molecular formula is C21H44N2O3Si. The van der Waals surface area contributed by atoms with Crippen LogP contribution in [0.4, 0.5) is 4.79 Å². The van der Waals surface area contributed by atoms with Crippen LogP contribution < -0.4 is 0 Å². The fraction of sp³-hybridized carbons (Fsp3) is 0.952. The van der Waals surface area contributed by atoms with Crippen LogP contribution in [0.1, 0.15) is 72.6 Å². The second-order valence-electron chi connectivity index (χ2n) is 9.60. The van der Waals surface area contributed by atoms with Crippen molar-refractivity contribution in [2.24, 2.45) is 0 Å². The minimum Gasteiger partial charge on any atom is -0.465 e. The summed E-state index contributed by atoms with van der Waals surface area (Å²) in [5.74, 6) is 0. The Morgan fingerprint density at radius 3 is 2.33 bits per heavy atom. The molecule has 0 aromatic heterocycles. The molecule has 1 amide bonds. The van der Waals surface area contributed by atoms with Crippen molar-refractivity contribution in [3.05, 3.63) is 0 Å². The minimum absolute atomic E-state index is 0.0314. The molecule has 5 nitrogen and oxygen atoms in total. The topological polar surface area (TPSA) is 53.0 Å². The average molecular weight is 401 g/mol. The van der Waals surface area contributed by atoms with Crippen molar-refractivity contribution >= 4 is 14.4 Å². The first-order valence-electron chi connectivity index (χ1n) is 10.9. The van der Waals surface area contributed by atoms with Crippen molar-refractivity contribution < 1.29 is 14.3 Å². The predicted octanol–water partition coefficient (Wildman–Crippen LogP) is 5.42. The fourth-order valence-corrected chi connectivity index (χ4v) is 4.39. The standard InChI is InChI=1S/C21H44N2O3Si/c1-7-8-9-10-13-19(18-26-27(5,6)21(2,3)4)23(20(24)25)17-16-22-14-11-12-15-22/h19H,7-18H2,1-6H3,(H,24,25). The van der Waals surface area contributed by atoms with E-state index in [0.717, 1.165) is 32.5 Å². The summed E-state index contributed by atoms with van der Waals surface area (Å²) in [6, 6.07) is -0.0314. The molecule has 1 rings (SSSR count). The molecule has 0 spiro atoms. The molecule has 27 heavy (non-hydrogen) atoms. The van der Waals surface area contributed by atoms with Gasteiger partial charge in [0.05, 0.1) is 12.6 Å². The molecule has 0 aromatic carbocycles. The van der Waals surface area contributed by atoms with Gasteiger partial charge in [-0.15, -0.1) is 0 Å². The van der Waals surface area contributed by atoms with E-state index in [1.807, 2.05) is 0 Å². The first kappa shape index (κ1) is 24.4. The number of hydrogen-bond donors (Lipinski definition) is 1. The zero-order valence-corrected chi connectivity index (χ0v) is 19.7. The summed E-state index contributed by atoms with van der Waals surface area (Å²) in [5.41, 5.74) is 0. The van der Waals surface area contributed by atoms with Gasteiger partial charge < -0.3 is 19.3 Å². The minimum atomic E-state index is -1.88. The summed E-state index contributed by atoms with van der Waals surface area (Å²) in [5, 5.41) is 10.0. The highest BCUT2D eigenvalue weighted by atomic mass is 28.4. The number of likely N-dealkylation sites (tertiary alicyclic amines) is 1. The van der Waals surface area contributed by atoms with Crippen LogP contribution in [-0.2, 0) is 4.43 Å². The molecule has 0 aliphatic carbocycles. The van der Waals surface area contributed by atoms with Gasteiger partial charge >= 0.3 is 6.09 Å². The molecule has 0 saturated carbocycles. The molecule has 1 fully saturated rings. The maximum absolute atomic E-state index is 12.0. The summed E-state index contributed by atoms with van der Waals surface area (Å²) in [4.78, 5) is 16.1. The Balaban J connectivity index is 2.73. The van der Waals surface area contributed by atoms with E-state index in [1.54, 1.807) is 4.90 Å². The Hall–Kier alpha value is -0.593. The molecule has 0 aromatic rings. The molecule has 1 aliphatic rings. The Labute approximate surface area is 168 Å². The number of hydrogen-bond acceptors (Lipinski definition) is 3. The third-order valence-electron chi connectivity index (χ3n) is 6.38. The number of rotatable bonds is 12. The zero-order valence-electron chi connectivity index (χ0n) is 18.7. The molecule has 1 heterocycles. The van der Waals surface area contributed by atoms with E-state index in [0.29, 0.717) is 13.2 Å². The molecular weight excluding hydrogens is 356 g/mol. The first-order valence-corrected chi connectivity index (χ1v) is 13.8.